The van der Waals surface area contributed by atoms with Gasteiger partial charge in [0.2, 0.25) is 0 Å². The number of anilines is 1. The molecular weight excluding hydrogens is 286 g/mol. The summed E-state index contributed by atoms with van der Waals surface area (Å²) in [5, 5.41) is 10.8. The fourth-order valence-corrected chi connectivity index (χ4v) is 3.19. The van der Waals surface area contributed by atoms with Crippen molar-refractivity contribution >= 4 is 5.82 Å². The minimum Gasteiger partial charge on any atom is -0.369 e. The highest BCUT2D eigenvalue weighted by Gasteiger charge is 2.12. The van der Waals surface area contributed by atoms with Crippen molar-refractivity contribution < 1.29 is 0 Å². The van der Waals surface area contributed by atoms with Crippen LogP contribution in [-0.2, 0) is 0 Å². The molecule has 0 atom stereocenters. The Kier molecular flexibility index (Phi) is 5.28. The van der Waals surface area contributed by atoms with Crippen LogP contribution in [-0.4, -0.2) is 46.3 Å². The number of aromatic nitrogens is 3. The molecule has 0 saturated carbocycles. The van der Waals surface area contributed by atoms with Crippen LogP contribution in [0.25, 0.3) is 11.1 Å². The molecule has 1 saturated heterocycles. The number of hydrogen-bond acceptors (Lipinski definition) is 4. The molecule has 5 nitrogen and oxygen atoms in total. The van der Waals surface area contributed by atoms with Gasteiger partial charge in [0.25, 0.3) is 0 Å². The van der Waals surface area contributed by atoms with Gasteiger partial charge in [0.1, 0.15) is 5.82 Å². The minimum absolute atomic E-state index is 0.427. The van der Waals surface area contributed by atoms with Crippen LogP contribution >= 0.6 is 0 Å². The van der Waals surface area contributed by atoms with E-state index in [2.05, 4.69) is 45.3 Å². The van der Waals surface area contributed by atoms with Gasteiger partial charge in [0.15, 0.2) is 0 Å². The lowest BCUT2D eigenvalue weighted by Crippen LogP contribution is -2.33. The lowest BCUT2D eigenvalue weighted by Gasteiger charge is -2.26. The first-order valence-corrected chi connectivity index (χ1v) is 8.70. The zero-order valence-electron chi connectivity index (χ0n) is 14.2. The van der Waals surface area contributed by atoms with Gasteiger partial charge in [-0.25, -0.2) is 4.98 Å². The molecular formula is C18H27N5. The van der Waals surface area contributed by atoms with Crippen LogP contribution in [0.1, 0.15) is 44.7 Å². The van der Waals surface area contributed by atoms with Crippen LogP contribution in [0.3, 0.4) is 0 Å². The van der Waals surface area contributed by atoms with Gasteiger partial charge in [-0.2, -0.15) is 5.10 Å². The number of aromatic amines is 1. The van der Waals surface area contributed by atoms with Crippen LogP contribution < -0.4 is 5.32 Å². The Morgan fingerprint density at radius 2 is 2.09 bits per heavy atom. The molecule has 0 unspecified atom stereocenters. The molecule has 2 aromatic heterocycles. The second-order valence-electron chi connectivity index (χ2n) is 6.61. The van der Waals surface area contributed by atoms with Gasteiger partial charge in [-0.1, -0.05) is 20.3 Å². The second-order valence-corrected chi connectivity index (χ2v) is 6.61. The fourth-order valence-electron chi connectivity index (χ4n) is 3.19. The molecule has 0 aromatic carbocycles. The Hall–Kier alpha value is -1.88. The summed E-state index contributed by atoms with van der Waals surface area (Å²) >= 11 is 0. The van der Waals surface area contributed by atoms with Crippen molar-refractivity contribution in [3.05, 3.63) is 30.2 Å². The Morgan fingerprint density at radius 1 is 1.26 bits per heavy atom. The van der Waals surface area contributed by atoms with Crippen molar-refractivity contribution in [3.8, 4) is 11.1 Å². The van der Waals surface area contributed by atoms with E-state index in [1.807, 2.05) is 18.5 Å². The first-order chi connectivity index (χ1) is 11.2. The molecule has 1 aliphatic rings. The Bertz CT molecular complexity index is 613. The molecule has 0 radical (unpaired) electrons. The van der Waals surface area contributed by atoms with Gasteiger partial charge in [-0.05, 0) is 49.5 Å². The van der Waals surface area contributed by atoms with Crippen LogP contribution in [0.4, 0.5) is 5.82 Å². The molecule has 3 rings (SSSR count). The lowest BCUT2D eigenvalue weighted by atomic mass is 10.0. The van der Waals surface area contributed by atoms with E-state index in [0.29, 0.717) is 5.92 Å². The average molecular weight is 313 g/mol. The van der Waals surface area contributed by atoms with Gasteiger partial charge in [0.05, 0.1) is 6.20 Å². The molecule has 3 heterocycles. The first kappa shape index (κ1) is 16.0. The van der Waals surface area contributed by atoms with Crippen molar-refractivity contribution in [1.82, 2.24) is 20.1 Å². The van der Waals surface area contributed by atoms with Gasteiger partial charge in [0, 0.05) is 30.5 Å². The number of hydrogen-bond donors (Lipinski definition) is 2. The Labute approximate surface area is 138 Å². The number of nitrogens with one attached hydrogen (secondary N) is 2. The standard InChI is InChI=1S/C18H27N5/c1-14(2)18-16(13-21-22-18)15-6-7-19-17(12-15)20-8-11-23-9-4-3-5-10-23/h6-7,12-14H,3-5,8-11H2,1-2H3,(H,19,20)(H,21,22). The van der Waals surface area contributed by atoms with Crippen molar-refractivity contribution in [2.45, 2.75) is 39.0 Å². The zero-order valence-corrected chi connectivity index (χ0v) is 14.2. The van der Waals surface area contributed by atoms with E-state index in [1.54, 1.807) is 0 Å². The summed E-state index contributed by atoms with van der Waals surface area (Å²) in [7, 11) is 0. The van der Waals surface area contributed by atoms with E-state index in [-0.39, 0.29) is 0 Å². The van der Waals surface area contributed by atoms with E-state index in [9.17, 15) is 0 Å². The molecule has 124 valence electrons. The third-order valence-electron chi connectivity index (χ3n) is 4.50. The quantitative estimate of drug-likeness (QED) is 0.857. The predicted octanol–water partition coefficient (Wildman–Crippen LogP) is 3.49. The number of H-pyrrole nitrogens is 1. The summed E-state index contributed by atoms with van der Waals surface area (Å²) in [6.07, 6.45) is 7.84. The maximum atomic E-state index is 4.45. The third-order valence-corrected chi connectivity index (χ3v) is 4.50. The molecule has 0 amide bonds. The fraction of sp³-hybridized carbons (Fsp3) is 0.556. The molecule has 2 N–H and O–H groups in total. The van der Waals surface area contributed by atoms with E-state index < -0.39 is 0 Å². The van der Waals surface area contributed by atoms with Crippen molar-refractivity contribution in [2.24, 2.45) is 0 Å². The van der Waals surface area contributed by atoms with Crippen LogP contribution in [0.2, 0.25) is 0 Å². The molecule has 1 aliphatic heterocycles. The number of rotatable bonds is 6. The summed E-state index contributed by atoms with van der Waals surface area (Å²) in [4.78, 5) is 6.98. The summed E-state index contributed by atoms with van der Waals surface area (Å²) in [5.41, 5.74) is 3.51. The third kappa shape index (κ3) is 4.10. The molecule has 2 aromatic rings. The van der Waals surface area contributed by atoms with Crippen LogP contribution in [0.15, 0.2) is 24.5 Å². The summed E-state index contributed by atoms with van der Waals surface area (Å²) < 4.78 is 0. The van der Waals surface area contributed by atoms with Crippen molar-refractivity contribution in [3.63, 3.8) is 0 Å². The highest BCUT2D eigenvalue weighted by Crippen LogP contribution is 2.28. The van der Waals surface area contributed by atoms with E-state index in [1.165, 1.54) is 43.6 Å². The van der Waals surface area contributed by atoms with Gasteiger partial charge in [-0.3, -0.25) is 5.10 Å². The summed E-state index contributed by atoms with van der Waals surface area (Å²) in [6.45, 7) is 8.86. The zero-order chi connectivity index (χ0) is 16.1. The minimum atomic E-state index is 0.427. The number of pyridine rings is 1. The number of piperidine rings is 1. The highest BCUT2D eigenvalue weighted by molar-refractivity contribution is 5.68. The number of nitrogens with zero attached hydrogens (tertiary/aromatic N) is 3. The first-order valence-electron chi connectivity index (χ1n) is 8.70. The van der Waals surface area contributed by atoms with Gasteiger partial charge in [-0.15, -0.1) is 0 Å². The average Bonchev–Trinajstić information content (AvgIpc) is 3.06. The van der Waals surface area contributed by atoms with Crippen molar-refractivity contribution in [1.29, 1.82) is 0 Å². The highest BCUT2D eigenvalue weighted by atomic mass is 15.1. The Balaban J connectivity index is 1.62. The number of likely N-dealkylation sites (tertiary alicyclic amines) is 1. The molecule has 5 heteroatoms. The molecule has 23 heavy (non-hydrogen) atoms. The van der Waals surface area contributed by atoms with Crippen molar-refractivity contribution in [2.75, 3.05) is 31.5 Å². The maximum absolute atomic E-state index is 4.45. The van der Waals surface area contributed by atoms with Crippen LogP contribution in [0, 0.1) is 0 Å². The Morgan fingerprint density at radius 3 is 2.87 bits per heavy atom. The topological polar surface area (TPSA) is 56.8 Å². The smallest absolute Gasteiger partial charge is 0.126 e. The summed E-state index contributed by atoms with van der Waals surface area (Å²) in [5.74, 6) is 1.37. The lowest BCUT2D eigenvalue weighted by molar-refractivity contribution is 0.237. The second kappa shape index (κ2) is 7.59. The van der Waals surface area contributed by atoms with E-state index >= 15 is 0 Å². The molecule has 0 bridgehead atoms. The van der Waals surface area contributed by atoms with E-state index in [0.717, 1.165) is 24.5 Å². The predicted molar refractivity (Wildman–Crippen MR) is 94.7 cm³/mol. The monoisotopic (exact) mass is 313 g/mol. The molecule has 1 fully saturated rings. The van der Waals surface area contributed by atoms with Crippen LogP contribution in [0.5, 0.6) is 0 Å². The van der Waals surface area contributed by atoms with Gasteiger partial charge < -0.3 is 10.2 Å². The van der Waals surface area contributed by atoms with Gasteiger partial charge >= 0.3 is 0 Å². The summed E-state index contributed by atoms with van der Waals surface area (Å²) in [6, 6.07) is 4.17. The molecule has 0 aliphatic carbocycles. The SMILES string of the molecule is CC(C)c1[nH]ncc1-c1ccnc(NCCN2CCCCC2)c1. The maximum Gasteiger partial charge on any atom is 0.126 e. The van der Waals surface area contributed by atoms with E-state index in [4.69, 9.17) is 0 Å². The normalized spacial score (nSPS) is 16.0. The molecule has 0 spiro atoms. The largest absolute Gasteiger partial charge is 0.369 e.